The van der Waals surface area contributed by atoms with Crippen molar-refractivity contribution < 1.29 is 24.2 Å². The summed E-state index contributed by atoms with van der Waals surface area (Å²) in [4.78, 5) is 24.1. The molecule has 19 heavy (non-hydrogen) atoms. The van der Waals surface area contributed by atoms with Crippen molar-refractivity contribution in [2.45, 2.75) is 13.3 Å². The van der Waals surface area contributed by atoms with Gasteiger partial charge in [-0.25, -0.2) is 0 Å². The topological polar surface area (TPSA) is 72.8 Å². The van der Waals surface area contributed by atoms with Crippen LogP contribution in [-0.2, 0) is 11.2 Å². The van der Waals surface area contributed by atoms with Gasteiger partial charge in [-0.3, -0.25) is 9.59 Å². The molecule has 1 N–H and O–H groups in total. The SMILES string of the molecule is CCc1c(OC)cc2c(c1O)C(=O)C(OC)=CC2=O. The lowest BCUT2D eigenvalue weighted by molar-refractivity contribution is 0.0913. The first-order valence-electron chi connectivity index (χ1n) is 5.82. The Bertz CT molecular complexity index is 598. The number of rotatable bonds is 3. The molecular formula is C14H14O5. The first-order valence-corrected chi connectivity index (χ1v) is 5.82. The van der Waals surface area contributed by atoms with Crippen LogP contribution in [0.4, 0.5) is 0 Å². The van der Waals surface area contributed by atoms with Crippen LogP contribution in [0.2, 0.25) is 0 Å². The van der Waals surface area contributed by atoms with Crippen molar-refractivity contribution in [2.24, 2.45) is 0 Å². The number of Topliss-reactive ketones (excluding diaryl/α,β-unsaturated/α-hetero) is 1. The van der Waals surface area contributed by atoms with Gasteiger partial charge < -0.3 is 14.6 Å². The highest BCUT2D eigenvalue weighted by atomic mass is 16.5. The van der Waals surface area contributed by atoms with E-state index in [9.17, 15) is 14.7 Å². The summed E-state index contributed by atoms with van der Waals surface area (Å²) in [5.41, 5.74) is 0.624. The van der Waals surface area contributed by atoms with Gasteiger partial charge in [0.1, 0.15) is 11.5 Å². The average molecular weight is 262 g/mol. The van der Waals surface area contributed by atoms with E-state index in [-0.39, 0.29) is 28.4 Å². The summed E-state index contributed by atoms with van der Waals surface area (Å²) in [5.74, 6) is -0.762. The second-order valence-electron chi connectivity index (χ2n) is 4.09. The molecule has 5 heteroatoms. The standard InChI is InChI=1S/C14H14O5/c1-4-7-10(18-2)5-8-9(15)6-11(19-3)14(17)12(8)13(7)16/h5-6,16H,4H2,1-3H3. The molecule has 0 aliphatic heterocycles. The fraction of sp³-hybridized carbons (Fsp3) is 0.286. The van der Waals surface area contributed by atoms with Crippen LogP contribution in [0.15, 0.2) is 17.9 Å². The molecule has 1 aromatic carbocycles. The smallest absolute Gasteiger partial charge is 0.232 e. The fourth-order valence-electron chi connectivity index (χ4n) is 2.17. The van der Waals surface area contributed by atoms with Crippen molar-refractivity contribution in [3.05, 3.63) is 34.6 Å². The molecule has 0 amide bonds. The largest absolute Gasteiger partial charge is 0.507 e. The van der Waals surface area contributed by atoms with Crippen LogP contribution in [-0.4, -0.2) is 30.9 Å². The van der Waals surface area contributed by atoms with E-state index in [1.165, 1.54) is 20.3 Å². The number of carbonyl (C=O) groups excluding carboxylic acids is 2. The number of aromatic hydroxyl groups is 1. The summed E-state index contributed by atoms with van der Waals surface area (Å²) >= 11 is 0. The third kappa shape index (κ3) is 1.87. The van der Waals surface area contributed by atoms with E-state index in [0.29, 0.717) is 17.7 Å². The molecule has 0 atom stereocenters. The third-order valence-electron chi connectivity index (χ3n) is 3.14. The molecule has 1 aliphatic rings. The maximum atomic E-state index is 12.1. The van der Waals surface area contributed by atoms with E-state index in [1.807, 2.05) is 6.92 Å². The lowest BCUT2D eigenvalue weighted by atomic mass is 9.89. The number of carbonyl (C=O) groups is 2. The lowest BCUT2D eigenvalue weighted by Crippen LogP contribution is -2.19. The Balaban J connectivity index is 2.75. The molecule has 0 aromatic heterocycles. The summed E-state index contributed by atoms with van der Waals surface area (Å²) < 4.78 is 10.0. The van der Waals surface area contributed by atoms with Gasteiger partial charge in [0, 0.05) is 17.2 Å². The highest BCUT2D eigenvalue weighted by Gasteiger charge is 2.32. The normalized spacial score (nSPS) is 13.9. The molecule has 0 unspecified atom stereocenters. The Morgan fingerprint density at radius 3 is 2.42 bits per heavy atom. The number of ketones is 2. The number of methoxy groups -OCH3 is 2. The molecule has 5 nitrogen and oxygen atoms in total. The maximum absolute atomic E-state index is 12.1. The molecule has 0 spiro atoms. The number of allylic oxidation sites excluding steroid dienone is 2. The zero-order valence-electron chi connectivity index (χ0n) is 10.9. The van der Waals surface area contributed by atoms with Gasteiger partial charge in [0.2, 0.25) is 5.78 Å². The van der Waals surface area contributed by atoms with Gasteiger partial charge in [-0.05, 0) is 12.5 Å². The first kappa shape index (κ1) is 13.1. The summed E-state index contributed by atoms with van der Waals surface area (Å²) in [5, 5.41) is 10.2. The predicted molar refractivity (Wildman–Crippen MR) is 67.8 cm³/mol. The molecule has 0 saturated carbocycles. The summed E-state index contributed by atoms with van der Waals surface area (Å²) in [6, 6.07) is 1.48. The quantitative estimate of drug-likeness (QED) is 0.900. The minimum absolute atomic E-state index is 0.0120. The zero-order valence-corrected chi connectivity index (χ0v) is 10.9. The molecule has 100 valence electrons. The number of ether oxygens (including phenoxy) is 2. The number of phenolic OH excluding ortho intramolecular Hbond substituents is 1. The van der Waals surface area contributed by atoms with Gasteiger partial charge in [-0.1, -0.05) is 6.92 Å². The molecule has 0 heterocycles. The zero-order chi connectivity index (χ0) is 14.2. The van der Waals surface area contributed by atoms with Crippen molar-refractivity contribution >= 4 is 11.6 Å². The van der Waals surface area contributed by atoms with E-state index in [4.69, 9.17) is 9.47 Å². The van der Waals surface area contributed by atoms with Crippen LogP contribution >= 0.6 is 0 Å². The second kappa shape index (κ2) is 4.76. The number of hydrogen-bond donors (Lipinski definition) is 1. The Labute approximate surface area is 110 Å². The Kier molecular flexibility index (Phi) is 3.29. The first-order chi connectivity index (χ1) is 9.04. The summed E-state index contributed by atoms with van der Waals surface area (Å²) in [6.45, 7) is 1.83. The highest BCUT2D eigenvalue weighted by Crippen LogP contribution is 2.38. The molecular weight excluding hydrogens is 248 g/mol. The minimum atomic E-state index is -0.494. The monoisotopic (exact) mass is 262 g/mol. The molecule has 0 fully saturated rings. The van der Waals surface area contributed by atoms with Gasteiger partial charge in [0.05, 0.1) is 19.8 Å². The number of fused-ring (bicyclic) bond motifs is 1. The van der Waals surface area contributed by atoms with Crippen molar-refractivity contribution in [3.63, 3.8) is 0 Å². The average Bonchev–Trinajstić information content (AvgIpc) is 2.41. The molecule has 0 radical (unpaired) electrons. The van der Waals surface area contributed by atoms with Crippen molar-refractivity contribution in [3.8, 4) is 11.5 Å². The van der Waals surface area contributed by atoms with Gasteiger partial charge in [-0.15, -0.1) is 0 Å². The van der Waals surface area contributed by atoms with Crippen molar-refractivity contribution in [1.82, 2.24) is 0 Å². The molecule has 2 rings (SSSR count). The Morgan fingerprint density at radius 1 is 1.21 bits per heavy atom. The van der Waals surface area contributed by atoms with Crippen LogP contribution in [0.25, 0.3) is 0 Å². The molecule has 0 bridgehead atoms. The summed E-state index contributed by atoms with van der Waals surface area (Å²) in [7, 11) is 2.76. The molecule has 0 saturated heterocycles. The van der Waals surface area contributed by atoms with Gasteiger partial charge >= 0.3 is 0 Å². The van der Waals surface area contributed by atoms with E-state index in [0.717, 1.165) is 6.08 Å². The van der Waals surface area contributed by atoms with Crippen molar-refractivity contribution in [2.75, 3.05) is 14.2 Å². The van der Waals surface area contributed by atoms with E-state index < -0.39 is 5.78 Å². The Hall–Kier alpha value is -2.30. The summed E-state index contributed by atoms with van der Waals surface area (Å²) in [6.07, 6.45) is 1.60. The number of benzene rings is 1. The van der Waals surface area contributed by atoms with Crippen LogP contribution in [0.3, 0.4) is 0 Å². The van der Waals surface area contributed by atoms with E-state index >= 15 is 0 Å². The van der Waals surface area contributed by atoms with Gasteiger partial charge in [-0.2, -0.15) is 0 Å². The highest BCUT2D eigenvalue weighted by molar-refractivity contribution is 6.25. The van der Waals surface area contributed by atoms with E-state index in [1.54, 1.807) is 0 Å². The maximum Gasteiger partial charge on any atom is 0.232 e. The van der Waals surface area contributed by atoms with Gasteiger partial charge in [0.25, 0.3) is 0 Å². The minimum Gasteiger partial charge on any atom is -0.507 e. The fourth-order valence-corrected chi connectivity index (χ4v) is 2.17. The number of hydrogen-bond acceptors (Lipinski definition) is 5. The van der Waals surface area contributed by atoms with Crippen LogP contribution < -0.4 is 4.74 Å². The van der Waals surface area contributed by atoms with Gasteiger partial charge in [0.15, 0.2) is 11.5 Å². The molecule has 1 aliphatic carbocycles. The predicted octanol–water partition coefficient (Wildman–Crippen LogP) is 1.87. The van der Waals surface area contributed by atoms with Crippen molar-refractivity contribution in [1.29, 1.82) is 0 Å². The lowest BCUT2D eigenvalue weighted by Gasteiger charge is -2.19. The van der Waals surface area contributed by atoms with Crippen LogP contribution in [0.1, 0.15) is 33.2 Å². The van der Waals surface area contributed by atoms with Crippen LogP contribution in [0.5, 0.6) is 11.5 Å². The van der Waals surface area contributed by atoms with Crippen LogP contribution in [0, 0.1) is 0 Å². The number of phenols is 1. The van der Waals surface area contributed by atoms with E-state index in [2.05, 4.69) is 0 Å². The second-order valence-corrected chi connectivity index (χ2v) is 4.09. The third-order valence-corrected chi connectivity index (χ3v) is 3.14. The Morgan fingerprint density at radius 2 is 1.89 bits per heavy atom. The molecule has 1 aromatic rings.